The molecule has 0 spiro atoms. The maximum Gasteiger partial charge on any atom is 0.433 e. The highest BCUT2D eigenvalue weighted by Crippen LogP contribution is 2.36. The minimum absolute atomic E-state index is 0.0126. The van der Waals surface area contributed by atoms with Gasteiger partial charge < -0.3 is 15.3 Å². The first-order valence-corrected chi connectivity index (χ1v) is 13.1. The molecule has 1 saturated heterocycles. The number of nitrogens with one attached hydrogen (secondary N) is 1. The molecular weight excluding hydrogens is 515 g/mol. The van der Waals surface area contributed by atoms with Gasteiger partial charge >= 0.3 is 12.1 Å². The van der Waals surface area contributed by atoms with Crippen LogP contribution in [0.2, 0.25) is 0 Å². The number of carboxylic acids is 1. The van der Waals surface area contributed by atoms with Gasteiger partial charge in [-0.1, -0.05) is 12.1 Å². The Morgan fingerprint density at radius 3 is 2.49 bits per heavy atom. The minimum atomic E-state index is -4.57. The van der Waals surface area contributed by atoms with E-state index in [1.54, 1.807) is 0 Å². The van der Waals surface area contributed by atoms with Gasteiger partial charge in [0.2, 0.25) is 5.91 Å². The molecule has 2 amide bonds. The van der Waals surface area contributed by atoms with Crippen molar-refractivity contribution in [3.63, 3.8) is 0 Å². The van der Waals surface area contributed by atoms with Gasteiger partial charge in [0, 0.05) is 24.8 Å². The van der Waals surface area contributed by atoms with E-state index in [0.29, 0.717) is 18.4 Å². The Morgan fingerprint density at radius 2 is 1.86 bits per heavy atom. The molecule has 4 rings (SSSR count). The average Bonchev–Trinajstić information content (AvgIpc) is 3.30. The average molecular weight is 540 g/mol. The fourth-order valence-corrected chi connectivity index (χ4v) is 6.39. The van der Waals surface area contributed by atoms with Crippen LogP contribution in [-0.2, 0) is 32.1 Å². The summed E-state index contributed by atoms with van der Waals surface area (Å²) in [5.74, 6) is -2.75. The lowest BCUT2D eigenvalue weighted by Gasteiger charge is -2.31. The van der Waals surface area contributed by atoms with Gasteiger partial charge in [-0.2, -0.15) is 13.2 Å². The van der Waals surface area contributed by atoms with E-state index in [-0.39, 0.29) is 36.4 Å². The number of benzene rings is 1. The molecule has 1 aromatic heterocycles. The Labute approximate surface area is 210 Å². The molecule has 13 heteroatoms. The van der Waals surface area contributed by atoms with Gasteiger partial charge in [0.05, 0.1) is 16.1 Å². The normalized spacial score (nSPS) is 21.8. The number of likely N-dealkylation sites (tertiary alicyclic amines) is 1. The largest absolute Gasteiger partial charge is 0.481 e. The Morgan fingerprint density at radius 1 is 1.14 bits per heavy atom. The van der Waals surface area contributed by atoms with Crippen LogP contribution >= 0.6 is 0 Å². The lowest BCUT2D eigenvalue weighted by atomic mass is 9.85. The van der Waals surface area contributed by atoms with Gasteiger partial charge in [0.15, 0.2) is 9.84 Å². The maximum absolute atomic E-state index is 13.2. The molecule has 37 heavy (non-hydrogen) atoms. The van der Waals surface area contributed by atoms with E-state index in [9.17, 15) is 36.0 Å². The molecule has 1 aliphatic carbocycles. The second-order valence-corrected chi connectivity index (χ2v) is 11.4. The minimum Gasteiger partial charge on any atom is -0.481 e. The monoisotopic (exact) mass is 539 g/mol. The van der Waals surface area contributed by atoms with Gasteiger partial charge in [-0.15, -0.1) is 0 Å². The number of amides is 2. The number of hydrogen-bond donors (Lipinski definition) is 2. The number of aliphatic carboxylic acids is 1. The van der Waals surface area contributed by atoms with Crippen molar-refractivity contribution in [3.05, 3.63) is 59.4 Å². The third-order valence-electron chi connectivity index (χ3n) is 6.69. The Bertz CT molecular complexity index is 1310. The Balaban J connectivity index is 1.41. The zero-order chi connectivity index (χ0) is 27.0. The molecule has 1 aliphatic heterocycles. The van der Waals surface area contributed by atoms with Crippen molar-refractivity contribution in [3.8, 4) is 0 Å². The molecular formula is C24H24F3N3O6S. The third kappa shape index (κ3) is 5.60. The van der Waals surface area contributed by atoms with Crippen molar-refractivity contribution < 1.29 is 41.1 Å². The highest BCUT2D eigenvalue weighted by atomic mass is 32.2. The Hall–Kier alpha value is -3.48. The molecule has 2 aromatic rings. The molecule has 0 unspecified atom stereocenters. The van der Waals surface area contributed by atoms with Crippen molar-refractivity contribution in [1.82, 2.24) is 15.2 Å². The first-order chi connectivity index (χ1) is 17.4. The van der Waals surface area contributed by atoms with Crippen molar-refractivity contribution in [1.29, 1.82) is 0 Å². The summed E-state index contributed by atoms with van der Waals surface area (Å²) < 4.78 is 63.8. The van der Waals surface area contributed by atoms with E-state index >= 15 is 0 Å². The zero-order valence-electron chi connectivity index (χ0n) is 19.4. The molecule has 9 nitrogen and oxygen atoms in total. The summed E-state index contributed by atoms with van der Waals surface area (Å²) in [6.07, 6.45) is -2.60. The topological polar surface area (TPSA) is 134 Å². The number of hydrogen-bond acceptors (Lipinski definition) is 6. The summed E-state index contributed by atoms with van der Waals surface area (Å²) in [6, 6.07) is 6.68. The van der Waals surface area contributed by atoms with Crippen LogP contribution in [0.1, 0.15) is 47.3 Å². The molecule has 198 valence electrons. The molecule has 2 aliphatic rings. The number of halogens is 3. The smallest absolute Gasteiger partial charge is 0.433 e. The van der Waals surface area contributed by atoms with Crippen LogP contribution < -0.4 is 5.32 Å². The first kappa shape index (κ1) is 26.6. The Kier molecular flexibility index (Phi) is 7.27. The van der Waals surface area contributed by atoms with E-state index in [0.717, 1.165) is 12.3 Å². The van der Waals surface area contributed by atoms with Crippen LogP contribution in [0.25, 0.3) is 0 Å². The van der Waals surface area contributed by atoms with Crippen molar-refractivity contribution >= 4 is 27.6 Å². The van der Waals surface area contributed by atoms with E-state index in [1.165, 1.54) is 35.2 Å². The number of sulfone groups is 1. The summed E-state index contributed by atoms with van der Waals surface area (Å²) in [5.41, 5.74) is -0.600. The van der Waals surface area contributed by atoms with Crippen molar-refractivity contribution in [2.45, 2.75) is 54.6 Å². The maximum atomic E-state index is 13.2. The molecule has 2 fully saturated rings. The summed E-state index contributed by atoms with van der Waals surface area (Å²) in [5, 5.41) is 10.8. The van der Waals surface area contributed by atoms with Crippen LogP contribution in [0.3, 0.4) is 0 Å². The van der Waals surface area contributed by atoms with Crippen molar-refractivity contribution in [2.24, 2.45) is 5.92 Å². The van der Waals surface area contributed by atoms with Gasteiger partial charge in [-0.05, 0) is 55.5 Å². The van der Waals surface area contributed by atoms with Gasteiger partial charge in [-0.3, -0.25) is 19.4 Å². The number of nitrogens with zero attached hydrogens (tertiary/aromatic N) is 2. The SMILES string of the molecule is O=C(O)C1CC(S(=O)(=O)c2cccc(C(=O)N3CCC[C@@H]3C(=O)NCc3ccc(C(F)(F)F)nc3)c2)C1. The standard InChI is InChI=1S/C24H24F3N3O6S/c25-24(26,27)20-7-6-14(12-28-20)13-29-21(31)19-5-2-8-30(19)22(32)15-3-1-4-17(9-15)37(35,36)18-10-16(11-18)23(33)34/h1,3-4,6-7,9,12,16,18-19H,2,5,8,10-11,13H2,(H,29,31)(H,33,34)/t16?,18?,19-/m1/s1. The second-order valence-electron chi connectivity index (χ2n) is 9.13. The third-order valence-corrected chi connectivity index (χ3v) is 8.86. The van der Waals surface area contributed by atoms with E-state index < -0.39 is 56.7 Å². The summed E-state index contributed by atoms with van der Waals surface area (Å²) in [6.45, 7) is 0.202. The number of alkyl halides is 3. The lowest BCUT2D eigenvalue weighted by molar-refractivity contribution is -0.144. The zero-order valence-corrected chi connectivity index (χ0v) is 20.3. The predicted octanol–water partition coefficient (Wildman–Crippen LogP) is 2.66. The lowest BCUT2D eigenvalue weighted by Crippen LogP contribution is -2.45. The molecule has 1 saturated carbocycles. The number of carbonyl (C=O) groups is 3. The van der Waals surface area contributed by atoms with E-state index in [1.807, 2.05) is 0 Å². The highest BCUT2D eigenvalue weighted by Gasteiger charge is 2.43. The van der Waals surface area contributed by atoms with E-state index in [2.05, 4.69) is 10.3 Å². The van der Waals surface area contributed by atoms with Crippen LogP contribution in [0.4, 0.5) is 13.2 Å². The predicted molar refractivity (Wildman–Crippen MR) is 123 cm³/mol. The van der Waals surface area contributed by atoms with Crippen LogP contribution in [0.15, 0.2) is 47.5 Å². The molecule has 0 radical (unpaired) electrons. The number of carbonyl (C=O) groups excluding carboxylic acids is 2. The van der Waals surface area contributed by atoms with Crippen LogP contribution in [-0.4, -0.2) is 59.0 Å². The van der Waals surface area contributed by atoms with Crippen LogP contribution in [0, 0.1) is 5.92 Å². The number of pyridine rings is 1. The molecule has 0 bridgehead atoms. The quantitative estimate of drug-likeness (QED) is 0.553. The van der Waals surface area contributed by atoms with Gasteiger partial charge in [0.1, 0.15) is 11.7 Å². The molecule has 1 atom stereocenters. The molecule has 1 aromatic carbocycles. The second kappa shape index (κ2) is 10.1. The number of rotatable bonds is 7. The summed E-state index contributed by atoms with van der Waals surface area (Å²) >= 11 is 0. The van der Waals surface area contributed by atoms with Crippen molar-refractivity contribution in [2.75, 3.05) is 6.54 Å². The highest BCUT2D eigenvalue weighted by molar-refractivity contribution is 7.92. The summed E-state index contributed by atoms with van der Waals surface area (Å²) in [4.78, 5) is 41.6. The number of aromatic nitrogens is 1. The van der Waals surface area contributed by atoms with E-state index in [4.69, 9.17) is 5.11 Å². The van der Waals surface area contributed by atoms with Gasteiger partial charge in [-0.25, -0.2) is 8.42 Å². The fraction of sp³-hybridized carbons (Fsp3) is 0.417. The summed E-state index contributed by atoms with van der Waals surface area (Å²) in [7, 11) is -3.82. The fourth-order valence-electron chi connectivity index (χ4n) is 4.47. The van der Waals surface area contributed by atoms with Gasteiger partial charge in [0.25, 0.3) is 5.91 Å². The number of carboxylic acid groups (broad SMARTS) is 1. The first-order valence-electron chi connectivity index (χ1n) is 11.6. The van der Waals surface area contributed by atoms with Crippen LogP contribution in [0.5, 0.6) is 0 Å². The molecule has 2 heterocycles. The molecule has 2 N–H and O–H groups in total.